The predicted octanol–water partition coefficient (Wildman–Crippen LogP) is 4.21. The number of aliphatic hydroxyl groups excluding tert-OH is 1. The second-order valence-electron chi connectivity index (χ2n) is 8.42. The summed E-state index contributed by atoms with van der Waals surface area (Å²) in [7, 11) is 1.53. The number of hydrogen-bond donors (Lipinski definition) is 1. The fourth-order valence-electron chi connectivity index (χ4n) is 4.56. The van der Waals surface area contributed by atoms with Gasteiger partial charge in [0.15, 0.2) is 0 Å². The van der Waals surface area contributed by atoms with E-state index in [-0.39, 0.29) is 17.9 Å². The minimum atomic E-state index is -0.860. The fourth-order valence-corrected chi connectivity index (χ4v) is 4.56. The van der Waals surface area contributed by atoms with Crippen molar-refractivity contribution in [2.45, 2.75) is 19.5 Å². The van der Waals surface area contributed by atoms with Crippen LogP contribution in [0.2, 0.25) is 0 Å². The van der Waals surface area contributed by atoms with Crippen molar-refractivity contribution in [3.8, 4) is 11.4 Å². The molecule has 1 atom stereocenters. The van der Waals surface area contributed by atoms with Gasteiger partial charge in [-0.05, 0) is 36.8 Å². The molecule has 0 bridgehead atoms. The van der Waals surface area contributed by atoms with Crippen LogP contribution in [-0.4, -0.2) is 43.6 Å². The van der Waals surface area contributed by atoms with E-state index in [0.29, 0.717) is 22.6 Å². The van der Waals surface area contributed by atoms with Gasteiger partial charge in [-0.3, -0.25) is 14.6 Å². The molecule has 5 rings (SSSR count). The van der Waals surface area contributed by atoms with Crippen LogP contribution in [0.4, 0.5) is 0 Å². The molecule has 0 saturated carbocycles. The summed E-state index contributed by atoms with van der Waals surface area (Å²) in [4.78, 5) is 32.3. The van der Waals surface area contributed by atoms with Crippen molar-refractivity contribution in [1.29, 1.82) is 0 Å². The van der Waals surface area contributed by atoms with E-state index >= 15 is 0 Å². The van der Waals surface area contributed by atoms with Crippen LogP contribution in [0.5, 0.6) is 5.75 Å². The maximum absolute atomic E-state index is 13.4. The predicted molar refractivity (Wildman–Crippen MR) is 133 cm³/mol. The number of para-hydroxylation sites is 2. The van der Waals surface area contributed by atoms with Gasteiger partial charge in [-0.2, -0.15) is 5.10 Å². The van der Waals surface area contributed by atoms with Gasteiger partial charge in [0.1, 0.15) is 11.5 Å². The van der Waals surface area contributed by atoms with Crippen molar-refractivity contribution in [3.05, 3.63) is 113 Å². The quantitative estimate of drug-likeness (QED) is 0.252. The van der Waals surface area contributed by atoms with E-state index in [1.54, 1.807) is 48.3 Å². The molecule has 0 radical (unpaired) electrons. The minimum Gasteiger partial charge on any atom is -0.507 e. The summed E-state index contributed by atoms with van der Waals surface area (Å²) in [6.07, 6.45) is 4.79. The van der Waals surface area contributed by atoms with Gasteiger partial charge in [0.2, 0.25) is 0 Å². The Balaban J connectivity index is 1.68. The van der Waals surface area contributed by atoms with E-state index in [2.05, 4.69) is 10.1 Å². The summed E-state index contributed by atoms with van der Waals surface area (Å²) < 4.78 is 7.24. The first-order valence-corrected chi connectivity index (χ1v) is 11.4. The number of methoxy groups -OCH3 is 1. The molecule has 0 spiro atoms. The van der Waals surface area contributed by atoms with Crippen molar-refractivity contribution in [2.24, 2.45) is 0 Å². The number of amides is 1. The Morgan fingerprint density at radius 1 is 1.00 bits per heavy atom. The Labute approximate surface area is 208 Å². The van der Waals surface area contributed by atoms with Crippen LogP contribution in [0.15, 0.2) is 90.9 Å². The number of nitrogens with zero attached hydrogens (tertiary/aromatic N) is 4. The standard InChI is InChI=1S/C28H24N4O4/c1-18-22(16-30-32(18)20-10-4-3-5-11-20)26(33)24-25(21-12-6-7-13-23(21)36-2)31(28(35)27(24)34)17-19-9-8-14-29-15-19/h3-16,25,33H,17H2,1-2H3. The summed E-state index contributed by atoms with van der Waals surface area (Å²) in [5.41, 5.74) is 3.16. The number of aromatic nitrogens is 3. The molecule has 8 nitrogen and oxygen atoms in total. The first-order chi connectivity index (χ1) is 17.5. The molecule has 1 N–H and O–H groups in total. The average molecular weight is 481 g/mol. The zero-order valence-corrected chi connectivity index (χ0v) is 19.8. The largest absolute Gasteiger partial charge is 0.507 e. The number of likely N-dealkylation sites (tertiary alicyclic amines) is 1. The topological polar surface area (TPSA) is 97.5 Å². The van der Waals surface area contributed by atoms with Crippen molar-refractivity contribution in [2.75, 3.05) is 7.11 Å². The highest BCUT2D eigenvalue weighted by atomic mass is 16.5. The van der Waals surface area contributed by atoms with Gasteiger partial charge in [0, 0.05) is 24.5 Å². The van der Waals surface area contributed by atoms with Gasteiger partial charge in [-0.15, -0.1) is 0 Å². The highest BCUT2D eigenvalue weighted by molar-refractivity contribution is 6.46. The third-order valence-corrected chi connectivity index (χ3v) is 6.31. The van der Waals surface area contributed by atoms with Crippen LogP contribution in [0.1, 0.15) is 28.4 Å². The van der Waals surface area contributed by atoms with Crippen molar-refractivity contribution in [1.82, 2.24) is 19.7 Å². The first-order valence-electron chi connectivity index (χ1n) is 11.4. The van der Waals surface area contributed by atoms with Gasteiger partial charge < -0.3 is 14.7 Å². The molecule has 2 aromatic heterocycles. The van der Waals surface area contributed by atoms with Crippen molar-refractivity contribution >= 4 is 17.4 Å². The smallest absolute Gasteiger partial charge is 0.295 e. The molecule has 1 saturated heterocycles. The molecular formula is C28H24N4O4. The number of hydrogen-bond acceptors (Lipinski definition) is 6. The zero-order valence-electron chi connectivity index (χ0n) is 19.8. The molecule has 8 heteroatoms. The van der Waals surface area contributed by atoms with Crippen LogP contribution < -0.4 is 4.74 Å². The number of aliphatic hydroxyl groups is 1. The van der Waals surface area contributed by atoms with Crippen LogP contribution in [-0.2, 0) is 16.1 Å². The lowest BCUT2D eigenvalue weighted by Gasteiger charge is -2.26. The number of Topliss-reactive ketones (excluding diaryl/α,β-unsaturated/α-hetero) is 1. The van der Waals surface area contributed by atoms with Crippen LogP contribution in [0.3, 0.4) is 0 Å². The van der Waals surface area contributed by atoms with Crippen LogP contribution in [0.25, 0.3) is 11.4 Å². The SMILES string of the molecule is COc1ccccc1C1C(=C(O)c2cnn(-c3ccccc3)c2C)C(=O)C(=O)N1Cc1cccnc1. The molecule has 4 aromatic rings. The highest BCUT2D eigenvalue weighted by Gasteiger charge is 2.47. The van der Waals surface area contributed by atoms with Crippen molar-refractivity contribution in [3.63, 3.8) is 0 Å². The molecule has 1 unspecified atom stereocenters. The number of benzene rings is 2. The maximum Gasteiger partial charge on any atom is 0.295 e. The lowest BCUT2D eigenvalue weighted by molar-refractivity contribution is -0.140. The highest BCUT2D eigenvalue weighted by Crippen LogP contribution is 2.43. The molecule has 1 aliphatic rings. The zero-order chi connectivity index (χ0) is 25.2. The molecule has 180 valence electrons. The summed E-state index contributed by atoms with van der Waals surface area (Å²) in [5.74, 6) is -1.25. The third-order valence-electron chi connectivity index (χ3n) is 6.31. The Morgan fingerprint density at radius 2 is 1.75 bits per heavy atom. The Bertz CT molecular complexity index is 1460. The average Bonchev–Trinajstić information content (AvgIpc) is 3.42. The van der Waals surface area contributed by atoms with Crippen molar-refractivity contribution < 1.29 is 19.4 Å². The molecule has 3 heterocycles. The Kier molecular flexibility index (Phi) is 6.08. The number of ether oxygens (including phenoxy) is 1. The van der Waals surface area contributed by atoms with Gasteiger partial charge in [0.25, 0.3) is 11.7 Å². The number of pyridine rings is 1. The lowest BCUT2D eigenvalue weighted by Crippen LogP contribution is -2.29. The second kappa shape index (κ2) is 9.50. The molecule has 1 amide bonds. The number of rotatable bonds is 6. The van der Waals surface area contributed by atoms with Gasteiger partial charge in [-0.1, -0.05) is 42.5 Å². The number of carbonyl (C=O) groups is 2. The monoisotopic (exact) mass is 480 g/mol. The van der Waals surface area contributed by atoms with E-state index < -0.39 is 17.7 Å². The number of carbonyl (C=O) groups excluding carboxylic acids is 2. The van der Waals surface area contributed by atoms with E-state index in [9.17, 15) is 14.7 Å². The fraction of sp³-hybridized carbons (Fsp3) is 0.143. The molecular weight excluding hydrogens is 456 g/mol. The number of ketones is 1. The van der Waals surface area contributed by atoms with Crippen LogP contribution >= 0.6 is 0 Å². The van der Waals surface area contributed by atoms with E-state index in [4.69, 9.17) is 4.74 Å². The first kappa shape index (κ1) is 23.0. The molecule has 1 fully saturated rings. The Hall–Kier alpha value is -4.72. The van der Waals surface area contributed by atoms with Gasteiger partial charge >= 0.3 is 0 Å². The Morgan fingerprint density at radius 3 is 2.47 bits per heavy atom. The third kappa shape index (κ3) is 3.92. The summed E-state index contributed by atoms with van der Waals surface area (Å²) in [6.45, 7) is 1.94. The lowest BCUT2D eigenvalue weighted by atomic mass is 9.94. The maximum atomic E-state index is 13.4. The second-order valence-corrected chi connectivity index (χ2v) is 8.42. The summed E-state index contributed by atoms with van der Waals surface area (Å²) in [6, 6.07) is 19.4. The van der Waals surface area contributed by atoms with E-state index in [1.807, 2.05) is 42.5 Å². The molecule has 1 aliphatic heterocycles. The van der Waals surface area contributed by atoms with E-state index in [0.717, 1.165) is 11.3 Å². The van der Waals surface area contributed by atoms with Crippen LogP contribution in [0, 0.1) is 6.92 Å². The van der Waals surface area contributed by atoms with E-state index in [1.165, 1.54) is 18.2 Å². The molecule has 36 heavy (non-hydrogen) atoms. The summed E-state index contributed by atoms with van der Waals surface area (Å²) >= 11 is 0. The molecule has 0 aliphatic carbocycles. The normalized spacial score (nSPS) is 16.9. The van der Waals surface area contributed by atoms with Gasteiger partial charge in [-0.25, -0.2) is 4.68 Å². The minimum absolute atomic E-state index is 0.0101. The molecule has 2 aromatic carbocycles. The van der Waals surface area contributed by atoms with Gasteiger partial charge in [0.05, 0.1) is 41.9 Å². The summed E-state index contributed by atoms with van der Waals surface area (Å²) in [5, 5.41) is 15.9.